The standard InChI is InChI=1S/C14H21NO3/c1-9(2)14(5-6-14)8-15-7-10-3-4-11(16)13(18)12(10)17/h3-4,9,15-18H,5-8H2,1-2H3. The molecule has 0 aliphatic heterocycles. The Bertz CT molecular complexity index is 439. The zero-order valence-electron chi connectivity index (χ0n) is 10.9. The van der Waals surface area contributed by atoms with Crippen molar-refractivity contribution in [3.63, 3.8) is 0 Å². The van der Waals surface area contributed by atoms with Gasteiger partial charge in [0.1, 0.15) is 0 Å². The molecule has 0 unspecified atom stereocenters. The molecule has 4 N–H and O–H groups in total. The molecule has 0 aromatic heterocycles. The number of phenolic OH excluding ortho intramolecular Hbond substituents is 3. The second kappa shape index (κ2) is 4.69. The highest BCUT2D eigenvalue weighted by molar-refractivity contribution is 5.52. The number of aromatic hydroxyl groups is 3. The van der Waals surface area contributed by atoms with Gasteiger partial charge in [-0.1, -0.05) is 19.9 Å². The van der Waals surface area contributed by atoms with Gasteiger partial charge in [0, 0.05) is 18.7 Å². The lowest BCUT2D eigenvalue weighted by Crippen LogP contribution is -2.27. The highest BCUT2D eigenvalue weighted by atomic mass is 16.3. The lowest BCUT2D eigenvalue weighted by atomic mass is 9.92. The average Bonchev–Trinajstić information content (AvgIpc) is 3.10. The van der Waals surface area contributed by atoms with Gasteiger partial charge in [-0.25, -0.2) is 0 Å². The molecule has 1 saturated carbocycles. The minimum atomic E-state index is -0.445. The van der Waals surface area contributed by atoms with Crippen molar-refractivity contribution in [2.75, 3.05) is 6.54 Å². The van der Waals surface area contributed by atoms with E-state index >= 15 is 0 Å². The second-order valence-corrected chi connectivity index (χ2v) is 5.56. The fourth-order valence-electron chi connectivity index (χ4n) is 2.32. The Labute approximate surface area is 107 Å². The van der Waals surface area contributed by atoms with Crippen LogP contribution in [0.2, 0.25) is 0 Å². The topological polar surface area (TPSA) is 72.7 Å². The van der Waals surface area contributed by atoms with E-state index in [4.69, 9.17) is 0 Å². The maximum Gasteiger partial charge on any atom is 0.200 e. The number of phenols is 3. The maximum atomic E-state index is 9.68. The van der Waals surface area contributed by atoms with Crippen molar-refractivity contribution < 1.29 is 15.3 Å². The van der Waals surface area contributed by atoms with Crippen LogP contribution < -0.4 is 5.32 Å². The molecule has 1 aliphatic carbocycles. The van der Waals surface area contributed by atoms with E-state index in [0.29, 0.717) is 23.4 Å². The molecule has 4 nitrogen and oxygen atoms in total. The SMILES string of the molecule is CC(C)C1(CNCc2ccc(O)c(O)c2O)CC1. The first-order valence-electron chi connectivity index (χ1n) is 6.40. The van der Waals surface area contributed by atoms with Crippen LogP contribution in [-0.4, -0.2) is 21.9 Å². The van der Waals surface area contributed by atoms with Gasteiger partial charge in [0.15, 0.2) is 11.5 Å². The predicted molar refractivity (Wildman–Crippen MR) is 69.6 cm³/mol. The normalized spacial score (nSPS) is 17.1. The quantitative estimate of drug-likeness (QED) is 0.606. The van der Waals surface area contributed by atoms with E-state index in [-0.39, 0.29) is 11.5 Å². The highest BCUT2D eigenvalue weighted by Crippen LogP contribution is 2.51. The number of nitrogens with one attached hydrogen (secondary N) is 1. The van der Waals surface area contributed by atoms with Crippen LogP contribution in [0.1, 0.15) is 32.3 Å². The maximum absolute atomic E-state index is 9.68. The van der Waals surface area contributed by atoms with Crippen LogP contribution in [0.3, 0.4) is 0 Å². The summed E-state index contributed by atoms with van der Waals surface area (Å²) in [5, 5.41) is 31.7. The summed E-state index contributed by atoms with van der Waals surface area (Å²) in [5.41, 5.74) is 1.01. The third-order valence-electron chi connectivity index (χ3n) is 4.12. The van der Waals surface area contributed by atoms with Crippen LogP contribution in [0.15, 0.2) is 12.1 Å². The predicted octanol–water partition coefficient (Wildman–Crippen LogP) is 2.33. The van der Waals surface area contributed by atoms with Crippen LogP contribution in [0.25, 0.3) is 0 Å². The summed E-state index contributed by atoms with van der Waals surface area (Å²) in [5.74, 6) is -0.319. The van der Waals surface area contributed by atoms with Gasteiger partial charge in [-0.05, 0) is 30.2 Å². The Morgan fingerprint density at radius 2 is 1.83 bits per heavy atom. The fourth-order valence-corrected chi connectivity index (χ4v) is 2.32. The lowest BCUT2D eigenvalue weighted by molar-refractivity contribution is 0.334. The molecule has 18 heavy (non-hydrogen) atoms. The van der Waals surface area contributed by atoms with E-state index in [0.717, 1.165) is 6.54 Å². The van der Waals surface area contributed by atoms with Crippen molar-refractivity contribution in [1.82, 2.24) is 5.32 Å². The van der Waals surface area contributed by atoms with Crippen LogP contribution in [-0.2, 0) is 6.54 Å². The molecule has 0 amide bonds. The molecule has 2 rings (SSSR count). The summed E-state index contributed by atoms with van der Waals surface area (Å²) in [6, 6.07) is 3.01. The molecule has 1 fully saturated rings. The van der Waals surface area contributed by atoms with Crippen LogP contribution >= 0.6 is 0 Å². The van der Waals surface area contributed by atoms with Gasteiger partial charge in [-0.2, -0.15) is 0 Å². The van der Waals surface area contributed by atoms with Crippen molar-refractivity contribution in [3.8, 4) is 17.2 Å². The molecule has 1 aliphatic rings. The first-order valence-corrected chi connectivity index (χ1v) is 6.40. The number of hydrogen-bond donors (Lipinski definition) is 4. The monoisotopic (exact) mass is 251 g/mol. The van der Waals surface area contributed by atoms with E-state index in [2.05, 4.69) is 19.2 Å². The van der Waals surface area contributed by atoms with Gasteiger partial charge in [0.2, 0.25) is 5.75 Å². The summed E-state index contributed by atoms with van der Waals surface area (Å²) >= 11 is 0. The van der Waals surface area contributed by atoms with Crippen molar-refractivity contribution in [3.05, 3.63) is 17.7 Å². The van der Waals surface area contributed by atoms with Gasteiger partial charge in [-0.3, -0.25) is 0 Å². The van der Waals surface area contributed by atoms with E-state index in [1.807, 2.05) is 0 Å². The Morgan fingerprint density at radius 1 is 1.17 bits per heavy atom. The lowest BCUT2D eigenvalue weighted by Gasteiger charge is -2.20. The zero-order valence-corrected chi connectivity index (χ0v) is 10.9. The molecule has 100 valence electrons. The summed E-state index contributed by atoms with van der Waals surface area (Å²) in [6.07, 6.45) is 2.51. The molecule has 1 aromatic rings. The molecule has 4 heteroatoms. The highest BCUT2D eigenvalue weighted by Gasteiger charge is 2.44. The van der Waals surface area contributed by atoms with Gasteiger partial charge >= 0.3 is 0 Å². The smallest absolute Gasteiger partial charge is 0.200 e. The first kappa shape index (κ1) is 13.0. The van der Waals surface area contributed by atoms with E-state index in [1.165, 1.54) is 18.9 Å². The number of hydrogen-bond acceptors (Lipinski definition) is 4. The first-order chi connectivity index (χ1) is 8.46. The number of benzene rings is 1. The molecular weight excluding hydrogens is 230 g/mol. The minimum absolute atomic E-state index is 0.239. The Morgan fingerprint density at radius 3 is 2.39 bits per heavy atom. The third-order valence-corrected chi connectivity index (χ3v) is 4.12. The van der Waals surface area contributed by atoms with E-state index in [9.17, 15) is 15.3 Å². The van der Waals surface area contributed by atoms with Gasteiger partial charge < -0.3 is 20.6 Å². The molecule has 0 heterocycles. The van der Waals surface area contributed by atoms with Crippen LogP contribution in [0.5, 0.6) is 17.2 Å². The summed E-state index contributed by atoms with van der Waals surface area (Å²) in [4.78, 5) is 0. The Balaban J connectivity index is 1.93. The molecular formula is C14H21NO3. The molecule has 1 aromatic carbocycles. The Kier molecular flexibility index (Phi) is 3.39. The summed E-state index contributed by atoms with van der Waals surface area (Å²) in [6.45, 7) is 5.89. The second-order valence-electron chi connectivity index (χ2n) is 5.56. The van der Waals surface area contributed by atoms with Crippen molar-refractivity contribution in [1.29, 1.82) is 0 Å². The zero-order chi connectivity index (χ0) is 13.3. The minimum Gasteiger partial charge on any atom is -0.504 e. The molecule has 0 atom stereocenters. The summed E-state index contributed by atoms with van der Waals surface area (Å²) < 4.78 is 0. The van der Waals surface area contributed by atoms with Gasteiger partial charge in [0.05, 0.1) is 0 Å². The number of rotatable bonds is 5. The van der Waals surface area contributed by atoms with E-state index in [1.54, 1.807) is 6.07 Å². The fraction of sp³-hybridized carbons (Fsp3) is 0.571. The third kappa shape index (κ3) is 2.38. The van der Waals surface area contributed by atoms with Crippen molar-refractivity contribution in [2.24, 2.45) is 11.3 Å². The average molecular weight is 251 g/mol. The van der Waals surface area contributed by atoms with Crippen molar-refractivity contribution >= 4 is 0 Å². The Hall–Kier alpha value is -1.42. The van der Waals surface area contributed by atoms with Crippen LogP contribution in [0, 0.1) is 11.3 Å². The molecule has 0 saturated heterocycles. The van der Waals surface area contributed by atoms with E-state index < -0.39 is 5.75 Å². The van der Waals surface area contributed by atoms with Crippen molar-refractivity contribution in [2.45, 2.75) is 33.2 Å². The largest absolute Gasteiger partial charge is 0.504 e. The van der Waals surface area contributed by atoms with Gasteiger partial charge in [0.25, 0.3) is 0 Å². The molecule has 0 spiro atoms. The van der Waals surface area contributed by atoms with Crippen LogP contribution in [0.4, 0.5) is 0 Å². The van der Waals surface area contributed by atoms with Gasteiger partial charge in [-0.15, -0.1) is 0 Å². The molecule has 0 radical (unpaired) electrons. The molecule has 0 bridgehead atoms. The summed E-state index contributed by atoms with van der Waals surface area (Å²) in [7, 11) is 0.